The molecule has 2 aromatic carbocycles. The summed E-state index contributed by atoms with van der Waals surface area (Å²) in [6.45, 7) is 9.59. The number of likely N-dealkylation sites (tertiary alicyclic amines) is 2. The number of carbonyl (C=O) groups excluding carboxylic acids is 2. The molecule has 7 rings (SSSR count). The molecule has 1 spiro atoms. The summed E-state index contributed by atoms with van der Waals surface area (Å²) in [5, 5.41) is 12.7. The fourth-order valence-electron chi connectivity index (χ4n) is 7.51. The molecule has 51 heavy (non-hydrogen) atoms. The number of hydrogen-bond donors (Lipinski definition) is 1. The quantitative estimate of drug-likeness (QED) is 0.328. The van der Waals surface area contributed by atoms with Gasteiger partial charge in [-0.15, -0.1) is 0 Å². The molecule has 5 heterocycles. The van der Waals surface area contributed by atoms with E-state index in [1.165, 1.54) is 49.7 Å². The van der Waals surface area contributed by atoms with Gasteiger partial charge < -0.3 is 29.3 Å². The molecule has 3 saturated heterocycles. The highest BCUT2D eigenvalue weighted by Crippen LogP contribution is 2.50. The van der Waals surface area contributed by atoms with Crippen LogP contribution in [-0.4, -0.2) is 119 Å². The third kappa shape index (κ3) is 5.93. The molecule has 3 aromatic rings. The number of sulfonamides is 1. The Labute approximate surface area is 295 Å². The SMILES string of the molecule is CCOc1ncccc1[C@]1(NC(=O)N2CC3(CN(CCN4CCOCC4)C3)C2)C(=O)N(S(=O)(=O)c2ccc(OC)cc2F)c2ccc(C#N)cc21. The lowest BCUT2D eigenvalue weighted by Crippen LogP contribution is -2.74. The van der Waals surface area contributed by atoms with E-state index in [9.17, 15) is 23.3 Å². The second-order valence-electron chi connectivity index (χ2n) is 13.2. The molecule has 4 aliphatic heterocycles. The van der Waals surface area contributed by atoms with E-state index >= 15 is 4.39 Å². The van der Waals surface area contributed by atoms with E-state index in [0.29, 0.717) is 17.4 Å². The first-order valence-electron chi connectivity index (χ1n) is 16.7. The molecule has 0 bridgehead atoms. The van der Waals surface area contributed by atoms with Gasteiger partial charge in [-0.2, -0.15) is 9.57 Å². The van der Waals surface area contributed by atoms with E-state index in [1.807, 2.05) is 6.07 Å². The van der Waals surface area contributed by atoms with Crippen LogP contribution in [0, 0.1) is 22.6 Å². The fourth-order valence-corrected chi connectivity index (χ4v) is 9.02. The topological polar surface area (TPSA) is 158 Å². The van der Waals surface area contributed by atoms with Crippen LogP contribution in [0.5, 0.6) is 11.6 Å². The minimum atomic E-state index is -4.93. The Kier molecular flexibility index (Phi) is 9.08. The summed E-state index contributed by atoms with van der Waals surface area (Å²) < 4.78 is 60.7. The maximum atomic E-state index is 15.4. The number of carbonyl (C=O) groups is 2. The van der Waals surface area contributed by atoms with E-state index in [4.69, 9.17) is 14.2 Å². The molecule has 268 valence electrons. The van der Waals surface area contributed by atoms with Crippen molar-refractivity contribution in [3.8, 4) is 17.7 Å². The Morgan fingerprint density at radius 2 is 1.80 bits per heavy atom. The van der Waals surface area contributed by atoms with Crippen LogP contribution in [0.15, 0.2) is 59.6 Å². The Bertz CT molecular complexity index is 2010. The molecule has 0 unspecified atom stereocenters. The van der Waals surface area contributed by atoms with Gasteiger partial charge in [0.2, 0.25) is 5.88 Å². The lowest BCUT2D eigenvalue weighted by atomic mass is 9.73. The maximum Gasteiger partial charge on any atom is 0.318 e. The molecule has 1 aromatic heterocycles. The second kappa shape index (κ2) is 13.4. The first kappa shape index (κ1) is 34.6. The van der Waals surface area contributed by atoms with Crippen molar-refractivity contribution < 1.29 is 36.6 Å². The molecular formula is C35H38FN7O7S. The number of aromatic nitrogens is 1. The van der Waals surface area contributed by atoms with E-state index in [2.05, 4.69) is 20.1 Å². The molecule has 1 N–H and O–H groups in total. The van der Waals surface area contributed by atoms with E-state index in [-0.39, 0.29) is 46.0 Å². The van der Waals surface area contributed by atoms with Crippen molar-refractivity contribution in [1.29, 1.82) is 5.26 Å². The minimum absolute atomic E-state index is 0.000448. The summed E-state index contributed by atoms with van der Waals surface area (Å²) >= 11 is 0. The number of nitrogens with one attached hydrogen (secondary N) is 1. The number of urea groups is 1. The Hall–Kier alpha value is -4.82. The van der Waals surface area contributed by atoms with Crippen LogP contribution in [0.1, 0.15) is 23.6 Å². The van der Waals surface area contributed by atoms with Crippen molar-refractivity contribution in [1.82, 2.24) is 25.0 Å². The van der Waals surface area contributed by atoms with Gasteiger partial charge in [-0.05, 0) is 49.4 Å². The highest BCUT2D eigenvalue weighted by Gasteiger charge is 2.61. The molecule has 1 atom stereocenters. The Morgan fingerprint density at radius 1 is 1.06 bits per heavy atom. The number of benzene rings is 2. The normalized spacial score (nSPS) is 21.4. The lowest BCUT2D eigenvalue weighted by molar-refractivity contribution is -0.122. The summed E-state index contributed by atoms with van der Waals surface area (Å²) in [5.74, 6) is -2.19. The maximum absolute atomic E-state index is 15.4. The van der Waals surface area contributed by atoms with Crippen molar-refractivity contribution in [2.45, 2.75) is 17.4 Å². The minimum Gasteiger partial charge on any atom is -0.497 e. The van der Waals surface area contributed by atoms with Gasteiger partial charge in [-0.25, -0.2) is 22.6 Å². The monoisotopic (exact) mass is 719 g/mol. The summed E-state index contributed by atoms with van der Waals surface area (Å²) in [6.07, 6.45) is 1.44. The highest BCUT2D eigenvalue weighted by atomic mass is 32.2. The van der Waals surface area contributed by atoms with Gasteiger partial charge in [0.15, 0.2) is 5.54 Å². The molecule has 16 heteroatoms. The third-order valence-corrected chi connectivity index (χ3v) is 11.7. The number of nitriles is 1. The number of hydrogen-bond acceptors (Lipinski definition) is 11. The first-order chi connectivity index (χ1) is 24.5. The molecule has 4 aliphatic rings. The lowest BCUT2D eigenvalue weighted by Gasteiger charge is -2.60. The van der Waals surface area contributed by atoms with Crippen LogP contribution in [0.3, 0.4) is 0 Å². The molecule has 3 fully saturated rings. The molecular weight excluding hydrogens is 681 g/mol. The average molecular weight is 720 g/mol. The van der Waals surface area contributed by atoms with Gasteiger partial charge in [0.1, 0.15) is 16.5 Å². The summed E-state index contributed by atoms with van der Waals surface area (Å²) in [4.78, 5) is 39.0. The number of ether oxygens (including phenoxy) is 3. The van der Waals surface area contributed by atoms with E-state index in [0.717, 1.165) is 64.6 Å². The number of halogens is 1. The van der Waals surface area contributed by atoms with Gasteiger partial charge in [-0.3, -0.25) is 9.69 Å². The van der Waals surface area contributed by atoms with Gasteiger partial charge >= 0.3 is 6.03 Å². The number of methoxy groups -OCH3 is 1. The summed E-state index contributed by atoms with van der Waals surface area (Å²) in [6, 6.07) is 11.6. The fraction of sp³-hybridized carbons (Fsp3) is 0.429. The molecule has 0 radical (unpaired) electrons. The van der Waals surface area contributed by atoms with Gasteiger partial charge in [0, 0.05) is 75.6 Å². The largest absolute Gasteiger partial charge is 0.497 e. The van der Waals surface area contributed by atoms with Crippen LogP contribution in [0.2, 0.25) is 0 Å². The number of anilines is 1. The van der Waals surface area contributed by atoms with Crippen LogP contribution in [0.4, 0.5) is 14.9 Å². The van der Waals surface area contributed by atoms with Crippen LogP contribution in [-0.2, 0) is 25.1 Å². The first-order valence-corrected chi connectivity index (χ1v) is 18.1. The number of rotatable bonds is 10. The van der Waals surface area contributed by atoms with Gasteiger partial charge in [0.05, 0.1) is 49.8 Å². The highest BCUT2D eigenvalue weighted by molar-refractivity contribution is 7.93. The zero-order valence-corrected chi connectivity index (χ0v) is 29.1. The summed E-state index contributed by atoms with van der Waals surface area (Å²) in [7, 11) is -3.62. The number of amides is 3. The van der Waals surface area contributed by atoms with Crippen LogP contribution >= 0.6 is 0 Å². The van der Waals surface area contributed by atoms with E-state index < -0.39 is 38.2 Å². The van der Waals surface area contributed by atoms with Crippen molar-refractivity contribution in [3.05, 3.63) is 77.2 Å². The zero-order chi connectivity index (χ0) is 36.0. The van der Waals surface area contributed by atoms with Crippen molar-refractivity contribution in [3.63, 3.8) is 0 Å². The third-order valence-electron chi connectivity index (χ3n) is 9.96. The predicted molar refractivity (Wildman–Crippen MR) is 181 cm³/mol. The molecule has 3 amide bonds. The van der Waals surface area contributed by atoms with Crippen molar-refractivity contribution in [2.24, 2.45) is 5.41 Å². The number of morpholine rings is 1. The van der Waals surface area contributed by atoms with E-state index in [1.54, 1.807) is 11.8 Å². The average Bonchev–Trinajstić information content (AvgIpc) is 3.34. The Balaban J connectivity index is 1.22. The zero-order valence-electron chi connectivity index (χ0n) is 28.3. The van der Waals surface area contributed by atoms with Crippen LogP contribution < -0.4 is 19.1 Å². The van der Waals surface area contributed by atoms with Crippen molar-refractivity contribution in [2.75, 3.05) is 83.6 Å². The molecule has 14 nitrogen and oxygen atoms in total. The van der Waals surface area contributed by atoms with Crippen molar-refractivity contribution >= 4 is 27.6 Å². The smallest absolute Gasteiger partial charge is 0.318 e. The van der Waals surface area contributed by atoms with Gasteiger partial charge in [0.25, 0.3) is 15.9 Å². The standard InChI is InChI=1S/C35H38FN7O7S/c1-3-50-31-26(5-4-10-38-31)35(39-33(45)42-22-34(23-42)20-41(21-34)12-11-40-13-15-49-16-14-40)27-17-24(19-37)6-8-29(27)43(32(35)44)51(46,47)30-9-7-25(48-2)18-28(30)36/h4-10,17-18H,3,11-16,20-23H2,1-2H3,(H,39,45)/t35-/m1/s1. The van der Waals surface area contributed by atoms with Gasteiger partial charge in [-0.1, -0.05) is 0 Å². The molecule has 0 saturated carbocycles. The number of pyridine rings is 1. The van der Waals surface area contributed by atoms with Crippen LogP contribution in [0.25, 0.3) is 0 Å². The molecule has 0 aliphatic carbocycles. The summed E-state index contributed by atoms with van der Waals surface area (Å²) in [5.41, 5.74) is -2.29. The number of fused-ring (bicyclic) bond motifs is 1. The predicted octanol–water partition coefficient (Wildman–Crippen LogP) is 2.14. The second-order valence-corrected chi connectivity index (χ2v) is 15.0. The number of nitrogens with zero attached hydrogens (tertiary/aromatic N) is 6. The Morgan fingerprint density at radius 3 is 2.49 bits per heavy atom.